The van der Waals surface area contributed by atoms with Crippen molar-refractivity contribution in [1.82, 2.24) is 0 Å². The van der Waals surface area contributed by atoms with E-state index in [0.29, 0.717) is 24.2 Å². The lowest BCUT2D eigenvalue weighted by Gasteiger charge is -2.57. The van der Waals surface area contributed by atoms with Crippen LogP contribution in [-0.4, -0.2) is 17.5 Å². The summed E-state index contributed by atoms with van der Waals surface area (Å²) in [6.45, 7) is 12.0. The number of aliphatic hydroxyl groups is 1. The number of carbonyl (C=O) groups excluding carboxylic acids is 1. The number of hydrogen-bond donors (Lipinski definition) is 1. The van der Waals surface area contributed by atoms with Crippen LogP contribution in [0.2, 0.25) is 0 Å². The Morgan fingerprint density at radius 1 is 1.32 bits per heavy atom. The van der Waals surface area contributed by atoms with Gasteiger partial charge in [0.05, 0.1) is 13.2 Å². The molecule has 4 aliphatic carbocycles. The predicted octanol–water partition coefficient (Wildman–Crippen LogP) is 4.54. The third-order valence-corrected chi connectivity index (χ3v) is 8.40. The van der Waals surface area contributed by atoms with E-state index in [1.807, 2.05) is 0 Å². The summed E-state index contributed by atoms with van der Waals surface area (Å²) < 4.78 is 0. The van der Waals surface area contributed by atoms with Crippen molar-refractivity contribution < 1.29 is 9.90 Å². The van der Waals surface area contributed by atoms with Crippen molar-refractivity contribution >= 4 is 5.78 Å². The SMILES string of the molecule is [C-]#[N+]/C=C1/CC[C@H]2[C@@H]3CC=C4CC(=O)[C@@H](CO)C[C@]4(C)[C@H]3CC[C@]12C. The number of hydrogen-bond acceptors (Lipinski definition) is 2. The highest BCUT2D eigenvalue weighted by atomic mass is 16.3. The highest BCUT2D eigenvalue weighted by Gasteiger charge is 2.57. The predicted molar refractivity (Wildman–Crippen MR) is 97.4 cm³/mol. The molecule has 0 unspecified atom stereocenters. The first-order valence-corrected chi connectivity index (χ1v) is 9.83. The van der Waals surface area contributed by atoms with E-state index in [-0.39, 0.29) is 29.1 Å². The van der Waals surface area contributed by atoms with Gasteiger partial charge >= 0.3 is 0 Å². The molecule has 25 heavy (non-hydrogen) atoms. The summed E-state index contributed by atoms with van der Waals surface area (Å²) in [6, 6.07) is 0. The second kappa shape index (κ2) is 5.81. The highest BCUT2D eigenvalue weighted by Crippen LogP contribution is 2.66. The molecule has 0 amide bonds. The van der Waals surface area contributed by atoms with Crippen molar-refractivity contribution in [2.45, 2.75) is 58.8 Å². The lowest BCUT2D eigenvalue weighted by atomic mass is 9.47. The van der Waals surface area contributed by atoms with Crippen molar-refractivity contribution in [3.8, 4) is 0 Å². The number of fused-ring (bicyclic) bond motifs is 5. The second-order valence-corrected chi connectivity index (χ2v) is 9.26. The second-order valence-electron chi connectivity index (χ2n) is 9.26. The van der Waals surface area contributed by atoms with E-state index in [9.17, 15) is 9.90 Å². The fraction of sp³-hybridized carbons (Fsp3) is 0.727. The molecule has 0 heterocycles. The minimum absolute atomic E-state index is 0.00186. The van der Waals surface area contributed by atoms with Gasteiger partial charge in [0.15, 0.2) is 6.20 Å². The Hall–Kier alpha value is -1.40. The van der Waals surface area contributed by atoms with E-state index in [1.165, 1.54) is 30.4 Å². The van der Waals surface area contributed by atoms with Gasteiger partial charge in [0.2, 0.25) is 0 Å². The molecule has 1 N–H and O–H groups in total. The summed E-state index contributed by atoms with van der Waals surface area (Å²) in [5.41, 5.74) is 3.01. The summed E-state index contributed by atoms with van der Waals surface area (Å²) in [5.74, 6) is 2.01. The molecule has 3 heteroatoms. The Morgan fingerprint density at radius 2 is 2.08 bits per heavy atom. The third-order valence-electron chi connectivity index (χ3n) is 8.40. The molecule has 0 aromatic carbocycles. The molecular formula is C22H29NO2. The number of rotatable bonds is 1. The molecule has 3 saturated carbocycles. The molecular weight excluding hydrogens is 310 g/mol. The number of aliphatic hydroxyl groups excluding tert-OH is 1. The molecule has 0 saturated heterocycles. The quantitative estimate of drug-likeness (QED) is 0.563. The molecule has 0 aromatic rings. The minimum Gasteiger partial charge on any atom is -0.396 e. The molecule has 134 valence electrons. The third kappa shape index (κ3) is 2.30. The molecule has 4 rings (SSSR count). The number of Topliss-reactive ketones (excluding diaryl/α,β-unsaturated/α-hetero) is 1. The van der Waals surface area contributed by atoms with Crippen LogP contribution < -0.4 is 0 Å². The van der Waals surface area contributed by atoms with Crippen LogP contribution in [0, 0.1) is 41.1 Å². The van der Waals surface area contributed by atoms with Crippen molar-refractivity contribution in [2.24, 2.45) is 34.5 Å². The molecule has 0 spiro atoms. The van der Waals surface area contributed by atoms with Gasteiger partial charge in [-0.25, -0.2) is 4.85 Å². The fourth-order valence-corrected chi connectivity index (χ4v) is 6.98. The molecule has 0 aliphatic heterocycles. The summed E-state index contributed by atoms with van der Waals surface area (Å²) in [4.78, 5) is 15.9. The van der Waals surface area contributed by atoms with Gasteiger partial charge in [-0.3, -0.25) is 4.79 Å². The van der Waals surface area contributed by atoms with E-state index in [1.54, 1.807) is 6.20 Å². The van der Waals surface area contributed by atoms with Gasteiger partial charge in [0, 0.05) is 12.3 Å². The monoisotopic (exact) mass is 339 g/mol. The Labute approximate surface area is 151 Å². The lowest BCUT2D eigenvalue weighted by molar-refractivity contribution is -0.129. The number of ketones is 1. The maximum absolute atomic E-state index is 12.3. The van der Waals surface area contributed by atoms with Crippen LogP contribution in [0.3, 0.4) is 0 Å². The van der Waals surface area contributed by atoms with E-state index in [0.717, 1.165) is 19.3 Å². The average Bonchev–Trinajstić information content (AvgIpc) is 2.92. The van der Waals surface area contributed by atoms with E-state index < -0.39 is 0 Å². The van der Waals surface area contributed by atoms with E-state index in [4.69, 9.17) is 6.57 Å². The molecule has 6 atom stereocenters. The first kappa shape index (κ1) is 17.0. The standard InChI is InChI=1S/C22H29NO2/c1-21-9-8-19-17(18(21)7-5-16(21)12-23-3)6-4-15-10-20(25)14(13-24)11-22(15,19)2/h4,12,14,17-19,24H,5-11,13H2,1-2H3/b16-12-/t14-,17+,18+,19+,21-,22+/m1/s1. The van der Waals surface area contributed by atoms with Gasteiger partial charge in [-0.1, -0.05) is 31.1 Å². The summed E-state index contributed by atoms with van der Waals surface area (Å²) in [6.07, 6.45) is 11.3. The summed E-state index contributed by atoms with van der Waals surface area (Å²) in [5, 5.41) is 9.67. The first-order valence-electron chi connectivity index (χ1n) is 9.83. The van der Waals surface area contributed by atoms with Crippen LogP contribution in [0.25, 0.3) is 4.85 Å². The largest absolute Gasteiger partial charge is 0.396 e. The van der Waals surface area contributed by atoms with Gasteiger partial charge < -0.3 is 5.11 Å². The Kier molecular flexibility index (Phi) is 3.96. The zero-order valence-electron chi connectivity index (χ0n) is 15.4. The van der Waals surface area contributed by atoms with Crippen molar-refractivity contribution in [1.29, 1.82) is 0 Å². The molecule has 3 nitrogen and oxygen atoms in total. The van der Waals surface area contributed by atoms with Crippen molar-refractivity contribution in [3.63, 3.8) is 0 Å². The minimum atomic E-state index is -0.171. The topological polar surface area (TPSA) is 41.7 Å². The van der Waals surface area contributed by atoms with E-state index >= 15 is 0 Å². The number of carbonyl (C=O) groups is 1. The van der Waals surface area contributed by atoms with Gasteiger partial charge in [0.25, 0.3) is 0 Å². The zero-order valence-corrected chi connectivity index (χ0v) is 15.4. The molecule has 0 radical (unpaired) electrons. The molecule has 0 bridgehead atoms. The van der Waals surface area contributed by atoms with Crippen molar-refractivity contribution in [2.75, 3.05) is 6.61 Å². The summed E-state index contributed by atoms with van der Waals surface area (Å²) in [7, 11) is 0. The van der Waals surface area contributed by atoms with Crippen LogP contribution >= 0.6 is 0 Å². The normalized spacial score (nSPS) is 47.5. The molecule has 0 aromatic heterocycles. The van der Waals surface area contributed by atoms with E-state index in [2.05, 4.69) is 24.8 Å². The fourth-order valence-electron chi connectivity index (χ4n) is 6.98. The van der Waals surface area contributed by atoms with Gasteiger partial charge in [-0.05, 0) is 67.1 Å². The van der Waals surface area contributed by atoms with Crippen LogP contribution in [0.4, 0.5) is 0 Å². The van der Waals surface area contributed by atoms with Crippen LogP contribution in [-0.2, 0) is 4.79 Å². The van der Waals surface area contributed by atoms with Gasteiger partial charge in [0.1, 0.15) is 5.78 Å². The maximum atomic E-state index is 12.3. The average molecular weight is 339 g/mol. The smallest absolute Gasteiger partial charge is 0.154 e. The Morgan fingerprint density at radius 3 is 2.80 bits per heavy atom. The number of nitrogens with zero attached hydrogens (tertiary/aromatic N) is 1. The Bertz CT molecular complexity index is 699. The summed E-state index contributed by atoms with van der Waals surface area (Å²) >= 11 is 0. The number of allylic oxidation sites excluding steroid dienone is 3. The first-order chi connectivity index (χ1) is 11.9. The van der Waals surface area contributed by atoms with Crippen LogP contribution in [0.15, 0.2) is 23.4 Å². The van der Waals surface area contributed by atoms with Gasteiger partial charge in [-0.2, -0.15) is 0 Å². The molecule has 4 aliphatic rings. The maximum Gasteiger partial charge on any atom is 0.154 e. The highest BCUT2D eigenvalue weighted by molar-refractivity contribution is 5.85. The zero-order chi connectivity index (χ0) is 17.8. The van der Waals surface area contributed by atoms with Gasteiger partial charge in [-0.15, -0.1) is 0 Å². The Balaban J connectivity index is 1.68. The van der Waals surface area contributed by atoms with Crippen LogP contribution in [0.5, 0.6) is 0 Å². The lowest BCUT2D eigenvalue weighted by Crippen LogP contribution is -2.51. The van der Waals surface area contributed by atoms with Crippen LogP contribution in [0.1, 0.15) is 58.8 Å². The molecule has 3 fully saturated rings. The van der Waals surface area contributed by atoms with Crippen molar-refractivity contribution in [3.05, 3.63) is 34.8 Å².